The first-order valence-electron chi connectivity index (χ1n) is 9.36. The van der Waals surface area contributed by atoms with Gasteiger partial charge in [0, 0.05) is 38.1 Å². The highest BCUT2D eigenvalue weighted by Gasteiger charge is 2.11. The van der Waals surface area contributed by atoms with E-state index in [1.54, 1.807) is 7.11 Å². The molecule has 0 fully saturated rings. The van der Waals surface area contributed by atoms with Crippen LogP contribution in [0.25, 0.3) is 11.4 Å². The van der Waals surface area contributed by atoms with Crippen LogP contribution < -0.4 is 10.1 Å². The average molecular weight is 416 g/mol. The molecular weight excluding hydrogens is 390 g/mol. The zero-order chi connectivity index (χ0) is 20.8. The average Bonchev–Trinajstić information content (AvgIpc) is 3.31. The number of aromatic nitrogens is 4. The molecule has 0 aliphatic rings. The van der Waals surface area contributed by atoms with Gasteiger partial charge in [0.05, 0.1) is 18.7 Å². The molecule has 9 heteroatoms. The summed E-state index contributed by atoms with van der Waals surface area (Å²) < 4.78 is 7.20. The number of guanidine groups is 1. The third kappa shape index (κ3) is 5.29. The van der Waals surface area contributed by atoms with Gasteiger partial charge in [0.25, 0.3) is 0 Å². The number of hydrogen-bond acceptors (Lipinski definition) is 4. The highest BCUT2D eigenvalue weighted by atomic mass is 35.5. The van der Waals surface area contributed by atoms with Crippen molar-refractivity contribution in [1.82, 2.24) is 30.0 Å². The van der Waals surface area contributed by atoms with Gasteiger partial charge in [-0.3, -0.25) is 5.10 Å². The maximum absolute atomic E-state index is 6.09. The lowest BCUT2D eigenvalue weighted by atomic mass is 10.2. The second kappa shape index (κ2) is 9.47. The van der Waals surface area contributed by atoms with Gasteiger partial charge in [-0.2, -0.15) is 5.10 Å². The van der Waals surface area contributed by atoms with Gasteiger partial charge in [0.15, 0.2) is 11.8 Å². The molecule has 0 radical (unpaired) electrons. The first-order chi connectivity index (χ1) is 14.0. The zero-order valence-corrected chi connectivity index (χ0v) is 17.9. The number of H-pyrrole nitrogens is 1. The summed E-state index contributed by atoms with van der Waals surface area (Å²) in [5.41, 5.74) is 2.02. The number of nitrogens with one attached hydrogen (secondary N) is 2. The molecular formula is C20H26ClN7O. The third-order valence-electron chi connectivity index (χ3n) is 4.43. The molecule has 1 aromatic carbocycles. The Hall–Kier alpha value is -3.00. The Bertz CT molecular complexity index is 962. The van der Waals surface area contributed by atoms with Crippen LogP contribution >= 0.6 is 11.6 Å². The van der Waals surface area contributed by atoms with E-state index >= 15 is 0 Å². The van der Waals surface area contributed by atoms with Gasteiger partial charge in [-0.15, -0.1) is 0 Å². The number of methoxy groups -OCH3 is 1. The summed E-state index contributed by atoms with van der Waals surface area (Å²) >= 11 is 6.09. The summed E-state index contributed by atoms with van der Waals surface area (Å²) in [5, 5.41) is 11.3. The Labute approximate surface area is 175 Å². The van der Waals surface area contributed by atoms with Crippen molar-refractivity contribution in [3.63, 3.8) is 0 Å². The molecule has 0 saturated carbocycles. The van der Waals surface area contributed by atoms with E-state index in [2.05, 4.69) is 30.4 Å². The summed E-state index contributed by atoms with van der Waals surface area (Å²) in [5.74, 6) is 2.91. The van der Waals surface area contributed by atoms with Crippen LogP contribution in [0.1, 0.15) is 18.4 Å². The van der Waals surface area contributed by atoms with Gasteiger partial charge in [0.2, 0.25) is 0 Å². The predicted octanol–water partition coefficient (Wildman–Crippen LogP) is 3.07. The van der Waals surface area contributed by atoms with Crippen LogP contribution in [0.15, 0.2) is 41.5 Å². The van der Waals surface area contributed by atoms with Crippen molar-refractivity contribution >= 4 is 17.6 Å². The maximum atomic E-state index is 6.09. The minimum atomic E-state index is 0.393. The summed E-state index contributed by atoms with van der Waals surface area (Å²) in [6, 6.07) is 9.59. The summed E-state index contributed by atoms with van der Waals surface area (Å²) in [7, 11) is 5.61. The number of aryl methyl sites for hydroxylation is 1. The van der Waals surface area contributed by atoms with Crippen LogP contribution in [0.4, 0.5) is 0 Å². The third-order valence-corrected chi connectivity index (χ3v) is 4.64. The smallest absolute Gasteiger partial charge is 0.194 e. The molecule has 2 heterocycles. The Balaban J connectivity index is 1.69. The molecule has 0 amide bonds. The van der Waals surface area contributed by atoms with E-state index in [9.17, 15) is 0 Å². The lowest BCUT2D eigenvalue weighted by Crippen LogP contribution is -2.38. The van der Waals surface area contributed by atoms with E-state index in [0.29, 0.717) is 24.7 Å². The Morgan fingerprint density at radius 3 is 2.72 bits per heavy atom. The first kappa shape index (κ1) is 20.7. The second-order valence-electron chi connectivity index (χ2n) is 6.62. The summed E-state index contributed by atoms with van der Waals surface area (Å²) in [4.78, 5) is 11.3. The van der Waals surface area contributed by atoms with Crippen LogP contribution in [0, 0.1) is 0 Å². The van der Waals surface area contributed by atoms with Crippen molar-refractivity contribution in [2.24, 2.45) is 12.0 Å². The maximum Gasteiger partial charge on any atom is 0.194 e. The van der Waals surface area contributed by atoms with Crippen molar-refractivity contribution in [1.29, 1.82) is 0 Å². The first-order valence-corrected chi connectivity index (χ1v) is 9.73. The number of halogens is 1. The van der Waals surface area contributed by atoms with E-state index in [1.807, 2.05) is 62.1 Å². The van der Waals surface area contributed by atoms with Crippen molar-refractivity contribution < 1.29 is 4.74 Å². The van der Waals surface area contributed by atoms with Gasteiger partial charge in [-0.1, -0.05) is 11.6 Å². The topological polar surface area (TPSA) is 83.4 Å². The summed E-state index contributed by atoms with van der Waals surface area (Å²) in [6.45, 7) is 3.88. The van der Waals surface area contributed by atoms with E-state index < -0.39 is 0 Å². The SMILES string of the molecule is CCNC(=NCc1nc(-c2ccc(OC)cc2)n[nH]1)N(C)Cc1cc(Cl)cn1C. The highest BCUT2D eigenvalue weighted by molar-refractivity contribution is 6.30. The number of nitrogens with zero attached hydrogens (tertiary/aromatic N) is 5. The molecule has 0 bridgehead atoms. The van der Waals surface area contributed by atoms with Gasteiger partial charge in [-0.25, -0.2) is 9.98 Å². The van der Waals surface area contributed by atoms with E-state index in [4.69, 9.17) is 16.3 Å². The Morgan fingerprint density at radius 1 is 1.34 bits per heavy atom. The molecule has 154 valence electrons. The molecule has 0 atom stereocenters. The molecule has 0 aliphatic carbocycles. The van der Waals surface area contributed by atoms with E-state index in [0.717, 1.165) is 34.5 Å². The van der Waals surface area contributed by atoms with Gasteiger partial charge in [-0.05, 0) is 37.3 Å². The largest absolute Gasteiger partial charge is 0.497 e. The molecule has 8 nitrogen and oxygen atoms in total. The molecule has 0 spiro atoms. The Kier molecular flexibility index (Phi) is 6.77. The zero-order valence-electron chi connectivity index (χ0n) is 17.1. The number of rotatable bonds is 7. The predicted molar refractivity (Wildman–Crippen MR) is 115 cm³/mol. The lowest BCUT2D eigenvalue weighted by molar-refractivity contribution is 0.415. The Morgan fingerprint density at radius 2 is 2.10 bits per heavy atom. The van der Waals surface area contributed by atoms with Gasteiger partial charge >= 0.3 is 0 Å². The van der Waals surface area contributed by atoms with Crippen LogP contribution in [0.2, 0.25) is 5.02 Å². The fourth-order valence-corrected chi connectivity index (χ4v) is 3.17. The number of hydrogen-bond donors (Lipinski definition) is 2. The molecule has 2 N–H and O–H groups in total. The monoisotopic (exact) mass is 415 g/mol. The molecule has 0 aliphatic heterocycles. The van der Waals surface area contributed by atoms with Gasteiger partial charge in [0.1, 0.15) is 18.1 Å². The number of benzene rings is 1. The quantitative estimate of drug-likeness (QED) is 0.457. The summed E-state index contributed by atoms with van der Waals surface area (Å²) in [6.07, 6.45) is 1.89. The van der Waals surface area contributed by atoms with Crippen molar-refractivity contribution in [2.45, 2.75) is 20.0 Å². The van der Waals surface area contributed by atoms with Crippen LogP contribution in [0.5, 0.6) is 5.75 Å². The second-order valence-corrected chi connectivity index (χ2v) is 7.06. The molecule has 0 saturated heterocycles. The molecule has 3 aromatic rings. The van der Waals surface area contributed by atoms with Crippen LogP contribution in [0.3, 0.4) is 0 Å². The normalized spacial score (nSPS) is 11.6. The fraction of sp³-hybridized carbons (Fsp3) is 0.350. The van der Waals surface area contributed by atoms with Gasteiger partial charge < -0.3 is 19.5 Å². The van der Waals surface area contributed by atoms with E-state index in [-0.39, 0.29) is 0 Å². The fourth-order valence-electron chi connectivity index (χ4n) is 2.90. The number of aromatic amines is 1. The molecule has 0 unspecified atom stereocenters. The van der Waals surface area contributed by atoms with Crippen molar-refractivity contribution in [3.05, 3.63) is 53.1 Å². The highest BCUT2D eigenvalue weighted by Crippen LogP contribution is 2.19. The van der Waals surface area contributed by atoms with Crippen LogP contribution in [-0.4, -0.2) is 51.3 Å². The lowest BCUT2D eigenvalue weighted by Gasteiger charge is -2.22. The van der Waals surface area contributed by atoms with Crippen molar-refractivity contribution in [2.75, 3.05) is 20.7 Å². The van der Waals surface area contributed by atoms with Crippen molar-refractivity contribution in [3.8, 4) is 17.1 Å². The molecule has 29 heavy (non-hydrogen) atoms. The standard InChI is InChI=1S/C20H26ClN7O/c1-5-22-20(28(3)13-16-10-15(21)12-27(16)2)23-11-18-24-19(26-25-18)14-6-8-17(29-4)9-7-14/h6-10,12H,5,11,13H2,1-4H3,(H,22,23)(H,24,25,26). The minimum absolute atomic E-state index is 0.393. The number of ether oxygens (including phenoxy) is 1. The van der Waals surface area contributed by atoms with E-state index in [1.165, 1.54) is 0 Å². The minimum Gasteiger partial charge on any atom is -0.497 e. The molecule has 2 aromatic heterocycles. The van der Waals surface area contributed by atoms with Crippen LogP contribution in [-0.2, 0) is 20.1 Å². The number of aliphatic imine (C=N–C) groups is 1. The molecule has 3 rings (SSSR count).